The number of carbonyl (C=O) groups is 2. The molecule has 2 N–H and O–H groups in total. The Morgan fingerprint density at radius 1 is 1.32 bits per heavy atom. The SMILES string of the molecule is CC(C(=O)Nc1cc(C(=O)O)c(F)cc1F)C1CC1. The van der Waals surface area contributed by atoms with Crippen LogP contribution in [0, 0.1) is 23.5 Å². The monoisotopic (exact) mass is 269 g/mol. The zero-order chi connectivity index (χ0) is 14.2. The van der Waals surface area contributed by atoms with Crippen molar-refractivity contribution in [3.8, 4) is 0 Å². The maximum Gasteiger partial charge on any atom is 0.338 e. The summed E-state index contributed by atoms with van der Waals surface area (Å²) in [5.74, 6) is -4.02. The van der Waals surface area contributed by atoms with E-state index in [4.69, 9.17) is 5.11 Å². The number of aromatic carboxylic acids is 1. The molecule has 1 amide bonds. The number of nitrogens with one attached hydrogen (secondary N) is 1. The first-order valence-electron chi connectivity index (χ1n) is 5.93. The van der Waals surface area contributed by atoms with Crippen molar-refractivity contribution in [1.82, 2.24) is 0 Å². The Labute approximate surface area is 108 Å². The third-order valence-electron chi connectivity index (χ3n) is 3.29. The number of hydrogen-bond donors (Lipinski definition) is 2. The van der Waals surface area contributed by atoms with E-state index in [9.17, 15) is 18.4 Å². The molecule has 1 unspecified atom stereocenters. The minimum atomic E-state index is -1.51. The Morgan fingerprint density at radius 2 is 1.95 bits per heavy atom. The van der Waals surface area contributed by atoms with Gasteiger partial charge in [-0.2, -0.15) is 0 Å². The molecule has 1 aromatic rings. The van der Waals surface area contributed by atoms with Crippen LogP contribution in [-0.2, 0) is 4.79 Å². The molecule has 102 valence electrons. The summed E-state index contributed by atoms with van der Waals surface area (Å²) in [5.41, 5.74) is -0.980. The summed E-state index contributed by atoms with van der Waals surface area (Å²) >= 11 is 0. The third-order valence-corrected chi connectivity index (χ3v) is 3.29. The van der Waals surface area contributed by atoms with Crippen LogP contribution in [0.5, 0.6) is 0 Å². The average molecular weight is 269 g/mol. The first-order valence-corrected chi connectivity index (χ1v) is 5.93. The van der Waals surface area contributed by atoms with E-state index in [2.05, 4.69) is 5.32 Å². The van der Waals surface area contributed by atoms with Crippen LogP contribution >= 0.6 is 0 Å². The molecule has 1 fully saturated rings. The lowest BCUT2D eigenvalue weighted by Crippen LogP contribution is -2.22. The number of amides is 1. The average Bonchev–Trinajstić information content (AvgIpc) is 3.15. The van der Waals surface area contributed by atoms with Gasteiger partial charge in [0.15, 0.2) is 0 Å². The van der Waals surface area contributed by atoms with Gasteiger partial charge in [-0.05, 0) is 24.8 Å². The molecule has 0 aliphatic heterocycles. The van der Waals surface area contributed by atoms with Crippen LogP contribution in [0.4, 0.5) is 14.5 Å². The highest BCUT2D eigenvalue weighted by molar-refractivity contribution is 5.95. The largest absolute Gasteiger partial charge is 0.478 e. The lowest BCUT2D eigenvalue weighted by molar-refractivity contribution is -0.120. The van der Waals surface area contributed by atoms with Gasteiger partial charge >= 0.3 is 5.97 Å². The van der Waals surface area contributed by atoms with Gasteiger partial charge in [-0.25, -0.2) is 13.6 Å². The Balaban J connectivity index is 2.21. The highest BCUT2D eigenvalue weighted by Crippen LogP contribution is 2.37. The molecule has 0 aromatic heterocycles. The van der Waals surface area contributed by atoms with Gasteiger partial charge in [0, 0.05) is 12.0 Å². The smallest absolute Gasteiger partial charge is 0.338 e. The van der Waals surface area contributed by atoms with Crippen LogP contribution in [0.15, 0.2) is 12.1 Å². The lowest BCUT2D eigenvalue weighted by Gasteiger charge is -2.12. The molecule has 0 spiro atoms. The minimum Gasteiger partial charge on any atom is -0.478 e. The molecule has 1 aromatic carbocycles. The summed E-state index contributed by atoms with van der Waals surface area (Å²) in [6.45, 7) is 1.73. The molecular weight excluding hydrogens is 256 g/mol. The van der Waals surface area contributed by atoms with Gasteiger partial charge in [0.25, 0.3) is 0 Å². The van der Waals surface area contributed by atoms with Gasteiger partial charge < -0.3 is 10.4 Å². The van der Waals surface area contributed by atoms with E-state index in [0.29, 0.717) is 12.0 Å². The number of hydrogen-bond acceptors (Lipinski definition) is 2. The summed E-state index contributed by atoms with van der Waals surface area (Å²) in [6.07, 6.45) is 1.92. The summed E-state index contributed by atoms with van der Waals surface area (Å²) in [7, 11) is 0. The Kier molecular flexibility index (Phi) is 3.50. The second kappa shape index (κ2) is 4.95. The van der Waals surface area contributed by atoms with E-state index < -0.39 is 23.2 Å². The number of carboxylic acids is 1. The molecule has 4 nitrogen and oxygen atoms in total. The van der Waals surface area contributed by atoms with Crippen LogP contribution < -0.4 is 5.32 Å². The molecule has 1 aliphatic carbocycles. The topological polar surface area (TPSA) is 66.4 Å². The third kappa shape index (κ3) is 2.89. The fourth-order valence-corrected chi connectivity index (χ4v) is 1.87. The van der Waals surface area contributed by atoms with Gasteiger partial charge in [-0.1, -0.05) is 6.92 Å². The maximum absolute atomic E-state index is 13.5. The molecule has 0 radical (unpaired) electrons. The molecule has 6 heteroatoms. The van der Waals surface area contributed by atoms with Gasteiger partial charge in [0.2, 0.25) is 5.91 Å². The number of halogens is 2. The zero-order valence-electron chi connectivity index (χ0n) is 10.2. The molecule has 1 saturated carbocycles. The molecule has 1 atom stereocenters. The molecule has 19 heavy (non-hydrogen) atoms. The predicted octanol–water partition coefficient (Wildman–Crippen LogP) is 2.65. The van der Waals surface area contributed by atoms with Crippen molar-refractivity contribution in [3.63, 3.8) is 0 Å². The molecular formula is C13H13F2NO3. The first kappa shape index (κ1) is 13.5. The van der Waals surface area contributed by atoms with Crippen molar-refractivity contribution in [2.45, 2.75) is 19.8 Å². The van der Waals surface area contributed by atoms with E-state index in [1.54, 1.807) is 6.92 Å². The van der Waals surface area contributed by atoms with Gasteiger partial charge in [0.1, 0.15) is 11.6 Å². The quantitative estimate of drug-likeness (QED) is 0.883. The van der Waals surface area contributed by atoms with Crippen LogP contribution in [-0.4, -0.2) is 17.0 Å². The van der Waals surface area contributed by atoms with Crippen molar-refractivity contribution in [2.24, 2.45) is 11.8 Å². The molecule has 0 bridgehead atoms. The fourth-order valence-electron chi connectivity index (χ4n) is 1.87. The number of rotatable bonds is 4. The predicted molar refractivity (Wildman–Crippen MR) is 63.8 cm³/mol. The molecule has 1 aliphatic rings. The van der Waals surface area contributed by atoms with Gasteiger partial charge in [-0.3, -0.25) is 4.79 Å². The highest BCUT2D eigenvalue weighted by atomic mass is 19.1. The van der Waals surface area contributed by atoms with E-state index in [1.165, 1.54) is 0 Å². The normalized spacial score (nSPS) is 15.9. The van der Waals surface area contributed by atoms with Gasteiger partial charge in [-0.15, -0.1) is 0 Å². The summed E-state index contributed by atoms with van der Waals surface area (Å²) in [6, 6.07) is 1.26. The minimum absolute atomic E-state index is 0.266. The lowest BCUT2D eigenvalue weighted by atomic mass is 10.1. The van der Waals surface area contributed by atoms with Crippen LogP contribution in [0.2, 0.25) is 0 Å². The van der Waals surface area contributed by atoms with E-state index in [-0.39, 0.29) is 17.5 Å². The zero-order valence-corrected chi connectivity index (χ0v) is 10.2. The molecule has 2 rings (SSSR count). The van der Waals surface area contributed by atoms with Crippen LogP contribution in [0.25, 0.3) is 0 Å². The van der Waals surface area contributed by atoms with Crippen molar-refractivity contribution in [1.29, 1.82) is 0 Å². The van der Waals surface area contributed by atoms with E-state index in [0.717, 1.165) is 18.9 Å². The Morgan fingerprint density at radius 3 is 2.47 bits per heavy atom. The van der Waals surface area contributed by atoms with E-state index >= 15 is 0 Å². The maximum atomic E-state index is 13.5. The second-order valence-electron chi connectivity index (χ2n) is 4.73. The van der Waals surface area contributed by atoms with Gasteiger partial charge in [0.05, 0.1) is 11.3 Å². The summed E-state index contributed by atoms with van der Waals surface area (Å²) in [4.78, 5) is 22.5. The standard InChI is InChI=1S/C13H13F2NO3/c1-6(7-2-3-7)12(17)16-11-4-8(13(18)19)9(14)5-10(11)15/h4-7H,2-3H2,1H3,(H,16,17)(H,18,19). The molecule has 0 heterocycles. The number of carboxylic acid groups (broad SMARTS) is 1. The number of anilines is 1. The summed E-state index contributed by atoms with van der Waals surface area (Å²) in [5, 5.41) is 11.1. The summed E-state index contributed by atoms with van der Waals surface area (Å²) < 4.78 is 26.7. The van der Waals surface area contributed by atoms with Crippen molar-refractivity contribution in [3.05, 3.63) is 29.3 Å². The first-order chi connectivity index (χ1) is 8.90. The number of carbonyl (C=O) groups excluding carboxylic acids is 1. The van der Waals surface area contributed by atoms with Crippen LogP contribution in [0.3, 0.4) is 0 Å². The van der Waals surface area contributed by atoms with Crippen molar-refractivity contribution < 1.29 is 23.5 Å². The Bertz CT molecular complexity index is 541. The van der Waals surface area contributed by atoms with E-state index in [1.807, 2.05) is 0 Å². The fraction of sp³-hybridized carbons (Fsp3) is 0.385. The van der Waals surface area contributed by atoms with Crippen molar-refractivity contribution >= 4 is 17.6 Å². The van der Waals surface area contributed by atoms with Crippen LogP contribution in [0.1, 0.15) is 30.1 Å². The second-order valence-corrected chi connectivity index (χ2v) is 4.73. The number of benzene rings is 1. The van der Waals surface area contributed by atoms with Crippen molar-refractivity contribution in [2.75, 3.05) is 5.32 Å². The molecule has 0 saturated heterocycles. The Hall–Kier alpha value is -1.98. The highest BCUT2D eigenvalue weighted by Gasteiger charge is 2.33.